The first kappa shape index (κ1) is 11.4. The van der Waals surface area contributed by atoms with E-state index in [4.69, 9.17) is 0 Å². The van der Waals surface area contributed by atoms with E-state index in [1.807, 2.05) is 0 Å². The molecule has 1 heteroatoms. The normalized spacial score (nSPS) is 10.4. The predicted octanol–water partition coefficient (Wildman–Crippen LogP) is 4.99. The van der Waals surface area contributed by atoms with Gasteiger partial charge in [0.1, 0.15) is 0 Å². The second-order valence-corrected chi connectivity index (χ2v) is 4.93. The van der Waals surface area contributed by atoms with E-state index in [0.29, 0.717) is 0 Å². The number of halogens is 1. The fraction of sp³-hybridized carbons (Fsp3) is 0.200. The van der Waals surface area contributed by atoms with Crippen LogP contribution in [-0.4, -0.2) is 0 Å². The number of hydrogen-bond donors (Lipinski definition) is 0. The van der Waals surface area contributed by atoms with E-state index in [1.165, 1.54) is 22.3 Å². The van der Waals surface area contributed by atoms with Crippen molar-refractivity contribution in [2.75, 3.05) is 0 Å². The summed E-state index contributed by atoms with van der Waals surface area (Å²) in [6.45, 7) is 4.34. The maximum absolute atomic E-state index is 3.58. The summed E-state index contributed by atoms with van der Waals surface area (Å²) in [5, 5.41) is 0. The molecule has 0 heterocycles. The Bertz CT molecular complexity index is 501. The van der Waals surface area contributed by atoms with Crippen molar-refractivity contribution in [1.82, 2.24) is 0 Å². The second kappa shape index (κ2) is 4.84. The van der Waals surface area contributed by atoms with E-state index < -0.39 is 0 Å². The van der Waals surface area contributed by atoms with Crippen molar-refractivity contribution >= 4 is 15.9 Å². The molecular weight excluding hydrogens is 260 g/mol. The lowest BCUT2D eigenvalue weighted by Gasteiger charge is -2.08. The van der Waals surface area contributed by atoms with E-state index in [1.54, 1.807) is 0 Å². The highest BCUT2D eigenvalue weighted by molar-refractivity contribution is 9.10. The molecule has 82 valence electrons. The molecule has 0 bridgehead atoms. The molecule has 0 aliphatic carbocycles. The average molecular weight is 275 g/mol. The maximum atomic E-state index is 3.58. The molecule has 0 N–H and O–H groups in total. The monoisotopic (exact) mass is 274 g/mol. The fourth-order valence-corrected chi connectivity index (χ4v) is 2.45. The van der Waals surface area contributed by atoms with Crippen molar-refractivity contribution < 1.29 is 0 Å². The Hall–Kier alpha value is -1.08. The van der Waals surface area contributed by atoms with E-state index in [2.05, 4.69) is 72.2 Å². The van der Waals surface area contributed by atoms with Gasteiger partial charge in [-0.15, -0.1) is 0 Å². The Balaban J connectivity index is 2.56. The van der Waals surface area contributed by atoms with Crippen LogP contribution < -0.4 is 0 Å². The molecule has 0 spiro atoms. The molecule has 0 fully saturated rings. The molecule has 0 aromatic heterocycles. The minimum absolute atomic E-state index is 1.07. The average Bonchev–Trinajstić information content (AvgIpc) is 2.28. The summed E-state index contributed by atoms with van der Waals surface area (Å²) in [7, 11) is 0. The molecule has 2 aromatic rings. The zero-order valence-electron chi connectivity index (χ0n) is 9.63. The lowest BCUT2D eigenvalue weighted by Crippen LogP contribution is -1.86. The zero-order valence-corrected chi connectivity index (χ0v) is 11.2. The summed E-state index contributed by atoms with van der Waals surface area (Å²) in [6, 6.07) is 15.1. The van der Waals surface area contributed by atoms with Gasteiger partial charge in [0, 0.05) is 4.47 Å². The molecule has 0 saturated heterocycles. The molecule has 0 atom stereocenters. The van der Waals surface area contributed by atoms with Gasteiger partial charge < -0.3 is 0 Å². The van der Waals surface area contributed by atoms with Crippen molar-refractivity contribution in [3.8, 4) is 11.1 Å². The summed E-state index contributed by atoms with van der Waals surface area (Å²) in [6.07, 6.45) is 1.07. The van der Waals surface area contributed by atoms with E-state index in [-0.39, 0.29) is 0 Å². The number of hydrogen-bond acceptors (Lipinski definition) is 0. The van der Waals surface area contributed by atoms with Crippen LogP contribution in [-0.2, 0) is 6.42 Å². The quantitative estimate of drug-likeness (QED) is 0.724. The third-order valence-corrected chi connectivity index (χ3v) is 3.28. The van der Waals surface area contributed by atoms with Crippen molar-refractivity contribution in [3.63, 3.8) is 0 Å². The van der Waals surface area contributed by atoms with Gasteiger partial charge in [0.2, 0.25) is 0 Å². The lowest BCUT2D eigenvalue weighted by molar-refractivity contribution is 1.14. The molecule has 0 nitrogen and oxygen atoms in total. The molecule has 0 amide bonds. The van der Waals surface area contributed by atoms with Crippen LogP contribution in [0.2, 0.25) is 0 Å². The third-order valence-electron chi connectivity index (χ3n) is 2.82. The Morgan fingerprint density at radius 2 is 1.81 bits per heavy atom. The first-order valence-corrected chi connectivity index (χ1v) is 6.35. The van der Waals surface area contributed by atoms with Gasteiger partial charge in [-0.3, -0.25) is 0 Å². The van der Waals surface area contributed by atoms with Crippen molar-refractivity contribution in [2.45, 2.75) is 20.3 Å². The molecule has 0 aliphatic rings. The third kappa shape index (κ3) is 2.35. The minimum atomic E-state index is 1.07. The first-order chi connectivity index (χ1) is 7.70. The van der Waals surface area contributed by atoms with E-state index in [9.17, 15) is 0 Å². The van der Waals surface area contributed by atoms with Gasteiger partial charge in [-0.25, -0.2) is 0 Å². The van der Waals surface area contributed by atoms with E-state index in [0.717, 1.165) is 10.9 Å². The van der Waals surface area contributed by atoms with E-state index >= 15 is 0 Å². The summed E-state index contributed by atoms with van der Waals surface area (Å²) >= 11 is 3.58. The molecule has 0 aliphatic heterocycles. The van der Waals surface area contributed by atoms with Gasteiger partial charge in [-0.2, -0.15) is 0 Å². The Morgan fingerprint density at radius 3 is 2.50 bits per heavy atom. The van der Waals surface area contributed by atoms with Crippen LogP contribution in [0.3, 0.4) is 0 Å². The maximum Gasteiger partial charge on any atom is 0.0184 e. The minimum Gasteiger partial charge on any atom is -0.0620 e. The fourth-order valence-electron chi connectivity index (χ4n) is 1.91. The number of benzene rings is 2. The van der Waals surface area contributed by atoms with Gasteiger partial charge in [0.05, 0.1) is 0 Å². The van der Waals surface area contributed by atoms with Crippen molar-refractivity contribution in [2.24, 2.45) is 0 Å². The Morgan fingerprint density at radius 1 is 1.06 bits per heavy atom. The standard InChI is InChI=1S/C15H15Br/c1-3-12-8-13(10-14(16)9-12)15-7-5-4-6-11(15)2/h4-10H,3H2,1-2H3. The summed E-state index contributed by atoms with van der Waals surface area (Å²) in [5.74, 6) is 0. The lowest BCUT2D eigenvalue weighted by atomic mass is 9.98. The second-order valence-electron chi connectivity index (χ2n) is 4.02. The molecule has 0 unspecified atom stereocenters. The van der Waals surface area contributed by atoms with Crippen LogP contribution in [0, 0.1) is 6.92 Å². The molecule has 0 radical (unpaired) electrons. The number of aryl methyl sites for hydroxylation is 2. The van der Waals surface area contributed by atoms with Gasteiger partial charge in [0.25, 0.3) is 0 Å². The summed E-state index contributed by atoms with van der Waals surface area (Å²) < 4.78 is 1.16. The van der Waals surface area contributed by atoms with Gasteiger partial charge in [-0.1, -0.05) is 53.2 Å². The van der Waals surface area contributed by atoms with Gasteiger partial charge in [-0.05, 0) is 47.7 Å². The molecule has 16 heavy (non-hydrogen) atoms. The van der Waals surface area contributed by atoms with Crippen LogP contribution in [0.4, 0.5) is 0 Å². The molecule has 0 saturated carbocycles. The SMILES string of the molecule is CCc1cc(Br)cc(-c2ccccc2C)c1. The largest absolute Gasteiger partial charge is 0.0620 e. The summed E-state index contributed by atoms with van der Waals surface area (Å²) in [5.41, 5.74) is 5.30. The molecule has 2 aromatic carbocycles. The van der Waals surface area contributed by atoms with Crippen LogP contribution in [0.5, 0.6) is 0 Å². The highest BCUT2D eigenvalue weighted by atomic mass is 79.9. The zero-order chi connectivity index (χ0) is 11.5. The predicted molar refractivity (Wildman–Crippen MR) is 73.7 cm³/mol. The summed E-state index contributed by atoms with van der Waals surface area (Å²) in [4.78, 5) is 0. The van der Waals surface area contributed by atoms with Crippen molar-refractivity contribution in [1.29, 1.82) is 0 Å². The molecule has 2 rings (SSSR count). The highest BCUT2D eigenvalue weighted by Gasteiger charge is 2.03. The molecular formula is C15H15Br. The topological polar surface area (TPSA) is 0 Å². The van der Waals surface area contributed by atoms with Crippen LogP contribution >= 0.6 is 15.9 Å². The van der Waals surface area contributed by atoms with Crippen LogP contribution in [0.25, 0.3) is 11.1 Å². The van der Waals surface area contributed by atoms with Gasteiger partial charge in [0.15, 0.2) is 0 Å². The van der Waals surface area contributed by atoms with Crippen LogP contribution in [0.1, 0.15) is 18.1 Å². The number of rotatable bonds is 2. The Kier molecular flexibility index (Phi) is 3.45. The van der Waals surface area contributed by atoms with Crippen molar-refractivity contribution in [3.05, 3.63) is 58.1 Å². The van der Waals surface area contributed by atoms with Gasteiger partial charge >= 0.3 is 0 Å². The smallest absolute Gasteiger partial charge is 0.0184 e. The Labute approximate surface area is 105 Å². The highest BCUT2D eigenvalue weighted by Crippen LogP contribution is 2.27. The van der Waals surface area contributed by atoms with Crippen LogP contribution in [0.15, 0.2) is 46.9 Å². The first-order valence-electron chi connectivity index (χ1n) is 5.56.